The van der Waals surface area contributed by atoms with Crippen LogP contribution in [0.1, 0.15) is 29.8 Å². The molecule has 7 nitrogen and oxygen atoms in total. The highest BCUT2D eigenvalue weighted by Crippen LogP contribution is 2.25. The van der Waals surface area contributed by atoms with Gasteiger partial charge in [-0.1, -0.05) is 29.8 Å². The molecular formula is C25H26FN3O4S. The Bertz CT molecular complexity index is 1270. The molecule has 0 aliphatic carbocycles. The minimum absolute atomic E-state index is 0.103. The summed E-state index contributed by atoms with van der Waals surface area (Å²) in [7, 11) is -4.19. The number of hydrogen-bond acceptors (Lipinski definition) is 4. The first-order valence-corrected chi connectivity index (χ1v) is 12.1. The average Bonchev–Trinajstić information content (AvgIpc) is 2.78. The summed E-state index contributed by atoms with van der Waals surface area (Å²) in [5, 5.41) is 5.41. The van der Waals surface area contributed by atoms with E-state index in [-0.39, 0.29) is 33.8 Å². The highest BCUT2D eigenvalue weighted by molar-refractivity contribution is 7.92. The van der Waals surface area contributed by atoms with Gasteiger partial charge in [-0.3, -0.25) is 13.9 Å². The molecule has 0 atom stereocenters. The minimum Gasteiger partial charge on any atom is -0.350 e. The fourth-order valence-corrected chi connectivity index (χ4v) is 4.63. The Balaban J connectivity index is 1.92. The largest absolute Gasteiger partial charge is 0.350 e. The number of hydrogen-bond donors (Lipinski definition) is 2. The molecular weight excluding hydrogens is 457 g/mol. The second-order valence-corrected chi connectivity index (χ2v) is 9.89. The molecule has 9 heteroatoms. The predicted octanol–water partition coefficient (Wildman–Crippen LogP) is 4.11. The van der Waals surface area contributed by atoms with Gasteiger partial charge in [0.05, 0.1) is 21.8 Å². The Morgan fingerprint density at radius 1 is 0.941 bits per heavy atom. The van der Waals surface area contributed by atoms with E-state index < -0.39 is 28.3 Å². The molecule has 0 heterocycles. The van der Waals surface area contributed by atoms with Crippen LogP contribution in [0, 0.1) is 12.7 Å². The Kier molecular flexibility index (Phi) is 7.68. The van der Waals surface area contributed by atoms with Crippen molar-refractivity contribution in [3.8, 4) is 0 Å². The van der Waals surface area contributed by atoms with E-state index >= 15 is 0 Å². The summed E-state index contributed by atoms with van der Waals surface area (Å²) in [5.41, 5.74) is 1.70. The van der Waals surface area contributed by atoms with Gasteiger partial charge >= 0.3 is 0 Å². The number of anilines is 2. The molecule has 0 aliphatic heterocycles. The van der Waals surface area contributed by atoms with Crippen molar-refractivity contribution < 1.29 is 22.4 Å². The van der Waals surface area contributed by atoms with Crippen LogP contribution in [0.4, 0.5) is 15.8 Å². The Morgan fingerprint density at radius 2 is 1.56 bits per heavy atom. The second kappa shape index (κ2) is 10.5. The quantitative estimate of drug-likeness (QED) is 0.504. The molecule has 0 aromatic heterocycles. The standard InChI is InChI=1S/C25H26FN3O4S/c1-17(2)27-25(31)22-6-4-5-7-23(22)28-24(30)16-29(20-12-8-18(3)9-13-20)34(32,33)21-14-10-19(26)11-15-21/h4-15,17H,16H2,1-3H3,(H,27,31)(H,28,30). The van der Waals surface area contributed by atoms with Crippen molar-refractivity contribution in [3.05, 3.63) is 89.7 Å². The van der Waals surface area contributed by atoms with Crippen LogP contribution in [-0.4, -0.2) is 32.8 Å². The number of sulfonamides is 1. The van der Waals surface area contributed by atoms with Gasteiger partial charge in [-0.25, -0.2) is 12.8 Å². The summed E-state index contributed by atoms with van der Waals surface area (Å²) in [6, 6.07) is 17.4. The normalized spacial score (nSPS) is 11.2. The van der Waals surface area contributed by atoms with Crippen LogP contribution in [-0.2, 0) is 14.8 Å². The molecule has 2 N–H and O–H groups in total. The summed E-state index contributed by atoms with van der Waals surface area (Å²) in [6.45, 7) is 4.94. The molecule has 0 saturated heterocycles. The van der Waals surface area contributed by atoms with Crippen LogP contribution < -0.4 is 14.9 Å². The summed E-state index contributed by atoms with van der Waals surface area (Å²) in [6.07, 6.45) is 0. The van der Waals surface area contributed by atoms with Crippen molar-refractivity contribution in [2.45, 2.75) is 31.7 Å². The molecule has 0 aliphatic rings. The number of nitrogens with zero attached hydrogens (tertiary/aromatic N) is 1. The van der Waals surface area contributed by atoms with Gasteiger partial charge in [0.15, 0.2) is 0 Å². The Hall–Kier alpha value is -3.72. The molecule has 34 heavy (non-hydrogen) atoms. The number of nitrogens with one attached hydrogen (secondary N) is 2. The van der Waals surface area contributed by atoms with Crippen molar-refractivity contribution in [1.82, 2.24) is 5.32 Å². The number of para-hydroxylation sites is 1. The van der Waals surface area contributed by atoms with Gasteiger partial charge in [0.25, 0.3) is 15.9 Å². The summed E-state index contributed by atoms with van der Waals surface area (Å²) < 4.78 is 41.1. The maximum absolute atomic E-state index is 13.4. The van der Waals surface area contributed by atoms with E-state index in [9.17, 15) is 22.4 Å². The van der Waals surface area contributed by atoms with E-state index in [1.807, 2.05) is 20.8 Å². The first kappa shape index (κ1) is 24.9. The van der Waals surface area contributed by atoms with Gasteiger partial charge in [-0.15, -0.1) is 0 Å². The molecule has 3 aromatic rings. The molecule has 0 radical (unpaired) electrons. The zero-order valence-corrected chi connectivity index (χ0v) is 19.9. The number of rotatable bonds is 8. The number of carbonyl (C=O) groups excluding carboxylic acids is 2. The lowest BCUT2D eigenvalue weighted by molar-refractivity contribution is -0.114. The Labute approximate surface area is 198 Å². The lowest BCUT2D eigenvalue weighted by Crippen LogP contribution is -2.38. The van der Waals surface area contributed by atoms with Crippen LogP contribution >= 0.6 is 0 Å². The molecule has 3 aromatic carbocycles. The second-order valence-electron chi connectivity index (χ2n) is 8.02. The number of halogens is 1. The molecule has 0 spiro atoms. The van der Waals surface area contributed by atoms with E-state index in [0.717, 1.165) is 34.1 Å². The smallest absolute Gasteiger partial charge is 0.264 e. The third-order valence-electron chi connectivity index (χ3n) is 4.88. The van der Waals surface area contributed by atoms with Gasteiger partial charge in [-0.2, -0.15) is 0 Å². The molecule has 0 unspecified atom stereocenters. The summed E-state index contributed by atoms with van der Waals surface area (Å²) in [4.78, 5) is 25.3. The van der Waals surface area contributed by atoms with Gasteiger partial charge in [0.1, 0.15) is 12.4 Å². The van der Waals surface area contributed by atoms with Crippen LogP contribution in [0.5, 0.6) is 0 Å². The van der Waals surface area contributed by atoms with Gasteiger partial charge in [-0.05, 0) is 69.3 Å². The molecule has 0 saturated carbocycles. The fraction of sp³-hybridized carbons (Fsp3) is 0.200. The highest BCUT2D eigenvalue weighted by atomic mass is 32.2. The number of amides is 2. The topological polar surface area (TPSA) is 95.6 Å². The third kappa shape index (κ3) is 5.99. The van der Waals surface area contributed by atoms with Gasteiger partial charge in [0, 0.05) is 6.04 Å². The fourth-order valence-electron chi connectivity index (χ4n) is 3.21. The van der Waals surface area contributed by atoms with E-state index in [1.165, 1.54) is 0 Å². The van der Waals surface area contributed by atoms with E-state index in [4.69, 9.17) is 0 Å². The first-order valence-electron chi connectivity index (χ1n) is 10.6. The summed E-state index contributed by atoms with van der Waals surface area (Å²) in [5.74, 6) is -1.58. The van der Waals surface area contributed by atoms with Crippen molar-refractivity contribution in [2.24, 2.45) is 0 Å². The van der Waals surface area contributed by atoms with Crippen molar-refractivity contribution >= 4 is 33.2 Å². The third-order valence-corrected chi connectivity index (χ3v) is 6.66. The maximum atomic E-state index is 13.4. The number of benzene rings is 3. The maximum Gasteiger partial charge on any atom is 0.264 e. The number of carbonyl (C=O) groups is 2. The number of aryl methyl sites for hydroxylation is 1. The summed E-state index contributed by atoms with van der Waals surface area (Å²) >= 11 is 0. The zero-order chi connectivity index (χ0) is 24.9. The Morgan fingerprint density at radius 3 is 2.18 bits per heavy atom. The zero-order valence-electron chi connectivity index (χ0n) is 19.1. The van der Waals surface area contributed by atoms with Crippen LogP contribution in [0.15, 0.2) is 77.7 Å². The van der Waals surface area contributed by atoms with Crippen molar-refractivity contribution in [3.63, 3.8) is 0 Å². The van der Waals surface area contributed by atoms with Crippen LogP contribution in [0.3, 0.4) is 0 Å². The average molecular weight is 484 g/mol. The van der Waals surface area contributed by atoms with Gasteiger partial charge in [0.2, 0.25) is 5.91 Å². The highest BCUT2D eigenvalue weighted by Gasteiger charge is 2.28. The van der Waals surface area contributed by atoms with Gasteiger partial charge < -0.3 is 10.6 Å². The van der Waals surface area contributed by atoms with Crippen LogP contribution in [0.25, 0.3) is 0 Å². The first-order chi connectivity index (χ1) is 16.1. The van der Waals surface area contributed by atoms with Crippen molar-refractivity contribution in [2.75, 3.05) is 16.2 Å². The van der Waals surface area contributed by atoms with E-state index in [0.29, 0.717) is 0 Å². The molecule has 0 fully saturated rings. The SMILES string of the molecule is Cc1ccc(N(CC(=O)Nc2ccccc2C(=O)NC(C)C)S(=O)(=O)c2ccc(F)cc2)cc1. The lowest BCUT2D eigenvalue weighted by Gasteiger charge is -2.24. The molecule has 2 amide bonds. The molecule has 3 rings (SSSR count). The minimum atomic E-state index is -4.19. The molecule has 178 valence electrons. The predicted molar refractivity (Wildman–Crippen MR) is 130 cm³/mol. The van der Waals surface area contributed by atoms with E-state index in [2.05, 4.69) is 10.6 Å². The lowest BCUT2D eigenvalue weighted by atomic mass is 10.1. The molecule has 0 bridgehead atoms. The van der Waals surface area contributed by atoms with Crippen LogP contribution in [0.2, 0.25) is 0 Å². The monoisotopic (exact) mass is 483 g/mol. The van der Waals surface area contributed by atoms with E-state index in [1.54, 1.807) is 48.5 Å². The van der Waals surface area contributed by atoms with Crippen molar-refractivity contribution in [1.29, 1.82) is 0 Å².